The Morgan fingerprint density at radius 1 is 1.59 bits per heavy atom. The zero-order valence-corrected chi connectivity index (χ0v) is 10.6. The zero-order valence-electron chi connectivity index (χ0n) is 9.74. The van der Waals surface area contributed by atoms with Crippen molar-refractivity contribution in [2.24, 2.45) is 5.92 Å². The van der Waals surface area contributed by atoms with Crippen LogP contribution < -0.4 is 4.74 Å². The number of carbonyl (C=O) groups excluding carboxylic acids is 1. The number of methoxy groups -OCH3 is 1. The van der Waals surface area contributed by atoms with E-state index in [0.717, 1.165) is 23.5 Å². The fraction of sp³-hybridized carbons (Fsp3) is 0.462. The average Bonchev–Trinajstić information content (AvgIpc) is 2.82. The number of ether oxygens (including phenoxy) is 1. The molecule has 0 N–H and O–H groups in total. The predicted octanol–water partition coefficient (Wildman–Crippen LogP) is 2.70. The second-order valence-corrected chi connectivity index (χ2v) is 5.32. The highest BCUT2D eigenvalue weighted by atomic mass is 32.2. The predicted molar refractivity (Wildman–Crippen MR) is 67.1 cm³/mol. The monoisotopic (exact) mass is 254 g/mol. The summed E-state index contributed by atoms with van der Waals surface area (Å²) in [5.41, 5.74) is 0.727. The van der Waals surface area contributed by atoms with E-state index in [0.29, 0.717) is 6.42 Å². The van der Waals surface area contributed by atoms with Crippen molar-refractivity contribution in [3.05, 3.63) is 29.6 Å². The van der Waals surface area contributed by atoms with Crippen molar-refractivity contribution in [1.29, 1.82) is 0 Å². The lowest BCUT2D eigenvalue weighted by Crippen LogP contribution is -2.16. The molecule has 0 amide bonds. The Labute approximate surface area is 105 Å². The maximum Gasteiger partial charge on any atom is 0.165 e. The van der Waals surface area contributed by atoms with Gasteiger partial charge in [-0.25, -0.2) is 4.39 Å². The third-order valence-electron chi connectivity index (χ3n) is 2.98. The number of benzene rings is 1. The minimum absolute atomic E-state index is 0.158. The smallest absolute Gasteiger partial charge is 0.165 e. The number of halogens is 1. The first-order chi connectivity index (χ1) is 8.20. The molecule has 0 aromatic heterocycles. The van der Waals surface area contributed by atoms with Gasteiger partial charge in [0.15, 0.2) is 11.6 Å². The average molecular weight is 254 g/mol. The summed E-state index contributed by atoms with van der Waals surface area (Å²) in [4.78, 5) is 11.9. The van der Waals surface area contributed by atoms with Crippen LogP contribution >= 0.6 is 11.8 Å². The molecule has 1 fully saturated rings. The summed E-state index contributed by atoms with van der Waals surface area (Å²) in [6.07, 6.45) is 1.29. The molecule has 1 aliphatic heterocycles. The molecular weight excluding hydrogens is 239 g/mol. The maximum atomic E-state index is 13.4. The number of Topliss-reactive ketones (excluding diaryl/α,β-unsaturated/α-hetero) is 1. The summed E-state index contributed by atoms with van der Waals surface area (Å²) in [5.74, 6) is 2.17. The third-order valence-corrected chi connectivity index (χ3v) is 4.14. The number of thioether (sulfide) groups is 1. The minimum Gasteiger partial charge on any atom is -0.494 e. The summed E-state index contributed by atoms with van der Waals surface area (Å²) in [6, 6.07) is 4.71. The lowest BCUT2D eigenvalue weighted by molar-refractivity contribution is -0.121. The fourth-order valence-electron chi connectivity index (χ4n) is 1.95. The first-order valence-electron chi connectivity index (χ1n) is 5.63. The van der Waals surface area contributed by atoms with Crippen molar-refractivity contribution in [2.75, 3.05) is 18.6 Å². The Bertz CT molecular complexity index is 414. The molecular formula is C13H15FO2S. The summed E-state index contributed by atoms with van der Waals surface area (Å²) in [7, 11) is 1.43. The van der Waals surface area contributed by atoms with E-state index >= 15 is 0 Å². The second kappa shape index (κ2) is 5.54. The molecule has 1 aromatic rings. The molecule has 1 aliphatic rings. The van der Waals surface area contributed by atoms with Gasteiger partial charge in [-0.15, -0.1) is 0 Å². The highest BCUT2D eigenvalue weighted by Gasteiger charge is 2.23. The zero-order chi connectivity index (χ0) is 12.3. The molecule has 0 spiro atoms. The molecule has 1 unspecified atom stereocenters. The van der Waals surface area contributed by atoms with Crippen molar-refractivity contribution in [1.82, 2.24) is 0 Å². The molecule has 0 radical (unpaired) electrons. The molecule has 0 aliphatic carbocycles. The van der Waals surface area contributed by atoms with Crippen molar-refractivity contribution in [2.45, 2.75) is 12.8 Å². The SMILES string of the molecule is COc1ccc(CC(=O)C2CCSC2)cc1F. The van der Waals surface area contributed by atoms with Crippen LogP contribution in [0.1, 0.15) is 12.0 Å². The topological polar surface area (TPSA) is 26.3 Å². The van der Waals surface area contributed by atoms with Gasteiger partial charge in [0.25, 0.3) is 0 Å². The Hall–Kier alpha value is -1.03. The molecule has 2 nitrogen and oxygen atoms in total. The van der Waals surface area contributed by atoms with Gasteiger partial charge in [-0.2, -0.15) is 11.8 Å². The Morgan fingerprint density at radius 3 is 3.00 bits per heavy atom. The van der Waals surface area contributed by atoms with E-state index < -0.39 is 5.82 Å². The Balaban J connectivity index is 2.03. The van der Waals surface area contributed by atoms with Gasteiger partial charge in [-0.05, 0) is 29.9 Å². The number of rotatable bonds is 4. The van der Waals surface area contributed by atoms with Crippen LogP contribution in [0.25, 0.3) is 0 Å². The van der Waals surface area contributed by atoms with Gasteiger partial charge in [0.1, 0.15) is 5.78 Å². The van der Waals surface area contributed by atoms with Gasteiger partial charge >= 0.3 is 0 Å². The normalized spacial score (nSPS) is 19.3. The molecule has 0 saturated carbocycles. The molecule has 92 valence electrons. The number of carbonyl (C=O) groups is 1. The molecule has 1 atom stereocenters. The van der Waals surface area contributed by atoms with Gasteiger partial charge in [-0.3, -0.25) is 4.79 Å². The highest BCUT2D eigenvalue weighted by molar-refractivity contribution is 7.99. The van der Waals surface area contributed by atoms with E-state index in [1.54, 1.807) is 12.1 Å². The molecule has 1 aromatic carbocycles. The molecule has 2 rings (SSSR count). The van der Waals surface area contributed by atoms with Crippen LogP contribution in [-0.4, -0.2) is 24.4 Å². The van der Waals surface area contributed by atoms with Crippen molar-refractivity contribution >= 4 is 17.5 Å². The first kappa shape index (κ1) is 12.4. The first-order valence-corrected chi connectivity index (χ1v) is 6.79. The van der Waals surface area contributed by atoms with Crippen molar-refractivity contribution < 1.29 is 13.9 Å². The van der Waals surface area contributed by atoms with Crippen LogP contribution in [0.4, 0.5) is 4.39 Å². The Kier molecular flexibility index (Phi) is 4.05. The van der Waals surface area contributed by atoms with Crippen LogP contribution in [0.3, 0.4) is 0 Å². The van der Waals surface area contributed by atoms with E-state index in [-0.39, 0.29) is 17.5 Å². The standard InChI is InChI=1S/C13H15FO2S/c1-16-13-3-2-9(6-11(13)14)7-12(15)10-4-5-17-8-10/h2-3,6,10H,4-5,7-8H2,1H3. The van der Waals surface area contributed by atoms with Crippen LogP contribution in [-0.2, 0) is 11.2 Å². The lowest BCUT2D eigenvalue weighted by atomic mass is 9.97. The summed E-state index contributed by atoms with van der Waals surface area (Å²) >= 11 is 1.82. The van der Waals surface area contributed by atoms with Crippen LogP contribution in [0.2, 0.25) is 0 Å². The van der Waals surface area contributed by atoms with Gasteiger partial charge in [-0.1, -0.05) is 6.07 Å². The van der Waals surface area contributed by atoms with Gasteiger partial charge in [0, 0.05) is 18.1 Å². The van der Waals surface area contributed by atoms with Crippen molar-refractivity contribution in [3.63, 3.8) is 0 Å². The summed E-state index contributed by atoms with van der Waals surface area (Å²) in [5, 5.41) is 0. The van der Waals surface area contributed by atoms with Crippen LogP contribution in [0.5, 0.6) is 5.75 Å². The number of hydrogen-bond acceptors (Lipinski definition) is 3. The fourth-order valence-corrected chi connectivity index (χ4v) is 3.21. The lowest BCUT2D eigenvalue weighted by Gasteiger charge is -2.08. The van der Waals surface area contributed by atoms with Gasteiger partial charge in [0.05, 0.1) is 7.11 Å². The van der Waals surface area contributed by atoms with Gasteiger partial charge < -0.3 is 4.74 Å². The molecule has 1 heterocycles. The summed E-state index contributed by atoms with van der Waals surface area (Å²) < 4.78 is 18.3. The molecule has 17 heavy (non-hydrogen) atoms. The number of hydrogen-bond donors (Lipinski definition) is 0. The van der Waals surface area contributed by atoms with Gasteiger partial charge in [0.2, 0.25) is 0 Å². The quantitative estimate of drug-likeness (QED) is 0.826. The van der Waals surface area contributed by atoms with Crippen LogP contribution in [0, 0.1) is 11.7 Å². The molecule has 4 heteroatoms. The van der Waals surface area contributed by atoms with E-state index in [1.807, 2.05) is 11.8 Å². The maximum absolute atomic E-state index is 13.4. The largest absolute Gasteiger partial charge is 0.494 e. The van der Waals surface area contributed by atoms with E-state index in [2.05, 4.69) is 0 Å². The third kappa shape index (κ3) is 3.00. The minimum atomic E-state index is -0.404. The van der Waals surface area contributed by atoms with Crippen molar-refractivity contribution in [3.8, 4) is 5.75 Å². The second-order valence-electron chi connectivity index (χ2n) is 4.17. The van der Waals surface area contributed by atoms with E-state index in [9.17, 15) is 9.18 Å². The number of ketones is 1. The molecule has 1 saturated heterocycles. The Morgan fingerprint density at radius 2 is 2.41 bits per heavy atom. The summed E-state index contributed by atoms with van der Waals surface area (Å²) in [6.45, 7) is 0. The van der Waals surface area contributed by atoms with Crippen LogP contribution in [0.15, 0.2) is 18.2 Å². The van der Waals surface area contributed by atoms with E-state index in [1.165, 1.54) is 13.2 Å². The molecule has 0 bridgehead atoms. The highest BCUT2D eigenvalue weighted by Crippen LogP contribution is 2.26. The van der Waals surface area contributed by atoms with E-state index in [4.69, 9.17) is 4.74 Å².